The van der Waals surface area contributed by atoms with E-state index in [1.165, 1.54) is 12.3 Å². The van der Waals surface area contributed by atoms with Crippen molar-refractivity contribution in [3.05, 3.63) is 40.5 Å². The molecule has 1 aliphatic heterocycles. The Morgan fingerprint density at radius 3 is 2.41 bits per heavy atom. The first-order chi connectivity index (χ1) is 12.3. The van der Waals surface area contributed by atoms with Gasteiger partial charge in [-0.2, -0.15) is 5.26 Å². The number of pyridine rings is 1. The molecule has 0 aliphatic carbocycles. The largest absolute Gasteiger partial charge is 0.343 e. The number of nitriles is 1. The van der Waals surface area contributed by atoms with Crippen molar-refractivity contribution in [2.45, 2.75) is 18.4 Å². The van der Waals surface area contributed by atoms with Gasteiger partial charge in [-0.25, -0.2) is 8.78 Å². The predicted octanol–water partition coefficient (Wildman–Crippen LogP) is 2.47. The molecule has 1 atom stereocenters. The summed E-state index contributed by atoms with van der Waals surface area (Å²) in [4.78, 5) is 29.6. The van der Waals surface area contributed by atoms with Crippen LogP contribution in [0.5, 0.6) is 0 Å². The van der Waals surface area contributed by atoms with Crippen LogP contribution in [-0.2, 0) is 201 Å². The number of alkyl halides is 2. The van der Waals surface area contributed by atoms with Crippen LogP contribution in [0.15, 0.2) is 34.9 Å². The molecule has 6 radical (unpaired) electrons. The van der Waals surface area contributed by atoms with Gasteiger partial charge in [0.15, 0.2) is 0 Å². The number of amides is 2. The fraction of sp³-hybridized carbons (Fsp3) is 0.294. The summed E-state index contributed by atoms with van der Waals surface area (Å²) in [5.41, 5.74) is 0.920. The molecule has 0 bridgehead atoms. The number of carbonyl (C=O) groups excluding carboxylic acids is 2. The van der Waals surface area contributed by atoms with Crippen molar-refractivity contribution in [3.63, 3.8) is 0 Å². The average Bonchev–Trinajstić information content (AvgIpc) is 2.93. The molecule has 2 heterocycles. The number of fused-ring (bicyclic) bond motifs is 1. The fourth-order valence-electron chi connectivity index (χ4n) is 2.86. The van der Waals surface area contributed by atoms with Gasteiger partial charge in [0.2, 0.25) is 5.91 Å². The van der Waals surface area contributed by atoms with Crippen molar-refractivity contribution in [2.75, 3.05) is 13.1 Å². The maximum Gasteiger partial charge on any atom is 0.268 e. The van der Waals surface area contributed by atoms with Crippen LogP contribution >= 0.6 is 15.9 Å². The number of nitrogens with zero attached hydrogens (tertiary/aromatic N) is 3. The molecule has 1 fully saturated rings. The minimum Gasteiger partial charge on any atom is -0.343 e. The minimum absolute atomic E-state index is 0. The van der Waals surface area contributed by atoms with E-state index in [1.807, 2.05) is 0 Å². The molecule has 2 aromatic rings. The van der Waals surface area contributed by atoms with Crippen LogP contribution in [0.1, 0.15) is 16.8 Å². The molecule has 1 N–H and O–H groups in total. The van der Waals surface area contributed by atoms with Crippen molar-refractivity contribution >= 4 is 38.6 Å². The number of aromatic nitrogens is 1. The molecular formula is C17H13BrF2N4O2Y6. The van der Waals surface area contributed by atoms with Gasteiger partial charge < -0.3 is 10.2 Å². The Bertz CT molecular complexity index is 951. The standard InChI is InChI=1S/C17H13BrF2N4O2.6Y/c18-10-1-2-14-13(5-10)12(3-4-22-14)16(26)23-8-15(25)24-9-17(19,20)6-11(24)7-21;;;;;;/h1-5,11H,6,8-9H2,(H,23,26);;;;;;. The van der Waals surface area contributed by atoms with Gasteiger partial charge in [0.25, 0.3) is 11.8 Å². The van der Waals surface area contributed by atoms with E-state index >= 15 is 0 Å². The summed E-state index contributed by atoms with van der Waals surface area (Å²) in [6.07, 6.45) is 0.784. The van der Waals surface area contributed by atoms with Crippen LogP contribution in [0.4, 0.5) is 8.78 Å². The fourth-order valence-corrected chi connectivity index (χ4v) is 3.22. The Morgan fingerprint density at radius 1 is 1.19 bits per heavy atom. The van der Waals surface area contributed by atoms with Crippen LogP contribution < -0.4 is 5.32 Å². The summed E-state index contributed by atoms with van der Waals surface area (Å²) in [7, 11) is 0. The maximum absolute atomic E-state index is 13.4. The van der Waals surface area contributed by atoms with E-state index in [1.54, 1.807) is 24.3 Å². The van der Waals surface area contributed by atoms with Crippen LogP contribution in [0, 0.1) is 11.3 Å². The Hall–Kier alpha value is 4.02. The van der Waals surface area contributed by atoms with Crippen molar-refractivity contribution in [1.82, 2.24) is 15.2 Å². The van der Waals surface area contributed by atoms with Gasteiger partial charge in [0.1, 0.15) is 6.04 Å². The molecule has 152 valence electrons. The van der Waals surface area contributed by atoms with Gasteiger partial charge in [-0.3, -0.25) is 14.6 Å². The van der Waals surface area contributed by atoms with E-state index in [4.69, 9.17) is 5.26 Å². The monoisotopic (exact) mass is 955 g/mol. The zero-order chi connectivity index (χ0) is 18.9. The number of hydrogen-bond acceptors (Lipinski definition) is 4. The summed E-state index contributed by atoms with van der Waals surface area (Å²) in [5, 5.41) is 12.0. The first-order valence-electron chi connectivity index (χ1n) is 7.70. The molecule has 1 aromatic carbocycles. The summed E-state index contributed by atoms with van der Waals surface area (Å²) in [5.74, 6) is -4.34. The first-order valence-corrected chi connectivity index (χ1v) is 8.49. The van der Waals surface area contributed by atoms with Gasteiger partial charge >= 0.3 is 0 Å². The number of likely N-dealkylation sites (tertiary alicyclic amines) is 1. The number of hydrogen-bond donors (Lipinski definition) is 1. The molecule has 6 nitrogen and oxygen atoms in total. The third kappa shape index (κ3) is 11.8. The Kier molecular flexibility index (Phi) is 26.9. The van der Waals surface area contributed by atoms with E-state index in [9.17, 15) is 18.4 Å². The molecule has 1 aromatic heterocycles. The van der Waals surface area contributed by atoms with Crippen LogP contribution in [0.25, 0.3) is 10.9 Å². The van der Waals surface area contributed by atoms with Gasteiger partial charge in [0.05, 0.1) is 30.2 Å². The number of benzene rings is 1. The van der Waals surface area contributed by atoms with E-state index in [0.29, 0.717) is 16.5 Å². The SMILES string of the molecule is N#CC1CC(F)(F)CN1C(=O)CNC(=O)c1ccnc2ccc(Br)cc12.[Y].[Y].[Y].[Y].[Y].[Y]. The second kappa shape index (κ2) is 20.0. The molecule has 3 rings (SSSR count). The maximum atomic E-state index is 13.4. The van der Waals surface area contributed by atoms with Gasteiger partial charge in [-0.15, -0.1) is 0 Å². The quantitative estimate of drug-likeness (QED) is 0.514. The average molecular weight is 957 g/mol. The van der Waals surface area contributed by atoms with E-state index in [2.05, 4.69) is 26.2 Å². The third-order valence-corrected chi connectivity index (χ3v) is 4.58. The molecule has 2 amide bonds. The van der Waals surface area contributed by atoms with Crippen molar-refractivity contribution in [2.24, 2.45) is 0 Å². The van der Waals surface area contributed by atoms with Crippen molar-refractivity contribution < 1.29 is 215 Å². The number of carbonyl (C=O) groups is 2. The zero-order valence-corrected chi connectivity index (χ0v) is 35.5. The molecule has 1 unspecified atom stereocenters. The second-order valence-electron chi connectivity index (χ2n) is 5.93. The number of rotatable bonds is 3. The van der Waals surface area contributed by atoms with Crippen LogP contribution in [0.2, 0.25) is 0 Å². The number of halogens is 3. The molecule has 1 aliphatic rings. The smallest absolute Gasteiger partial charge is 0.268 e. The first kappa shape index (κ1) is 43.1. The minimum atomic E-state index is -3.09. The van der Waals surface area contributed by atoms with Gasteiger partial charge in [-0.05, 0) is 24.3 Å². The summed E-state index contributed by atoms with van der Waals surface area (Å²) >= 11 is 3.33. The molecule has 15 heteroatoms. The molecule has 32 heavy (non-hydrogen) atoms. The Morgan fingerprint density at radius 2 is 1.81 bits per heavy atom. The van der Waals surface area contributed by atoms with Gasteiger partial charge in [0, 0.05) is 219 Å². The normalized spacial score (nSPS) is 15.1. The van der Waals surface area contributed by atoms with Crippen molar-refractivity contribution in [1.29, 1.82) is 5.26 Å². The van der Waals surface area contributed by atoms with Gasteiger partial charge in [-0.1, -0.05) is 15.9 Å². The van der Waals surface area contributed by atoms with E-state index < -0.39 is 43.3 Å². The third-order valence-electron chi connectivity index (χ3n) is 4.09. The molecular weight excluding hydrogens is 944 g/mol. The van der Waals surface area contributed by atoms with Crippen molar-refractivity contribution in [3.8, 4) is 6.07 Å². The Labute approximate surface area is 344 Å². The van der Waals surface area contributed by atoms with Crippen LogP contribution in [0.3, 0.4) is 0 Å². The Balaban J connectivity index is -0.000000653. The molecule has 0 saturated carbocycles. The summed E-state index contributed by atoms with van der Waals surface area (Å²) in [6.45, 7) is -1.28. The van der Waals surface area contributed by atoms with E-state index in [0.717, 1.165) is 9.37 Å². The summed E-state index contributed by atoms with van der Waals surface area (Å²) < 4.78 is 27.6. The predicted molar refractivity (Wildman–Crippen MR) is 92.5 cm³/mol. The summed E-state index contributed by atoms with van der Waals surface area (Å²) in [6, 6.07) is 7.28. The molecule has 0 spiro atoms. The van der Waals surface area contributed by atoms with Crippen LogP contribution in [-0.4, -0.2) is 46.8 Å². The zero-order valence-electron chi connectivity index (χ0n) is 16.8. The topological polar surface area (TPSA) is 86.1 Å². The molecule has 1 saturated heterocycles. The van der Waals surface area contributed by atoms with E-state index in [-0.39, 0.29) is 196 Å². The number of nitrogens with one attached hydrogen (secondary N) is 1. The second-order valence-corrected chi connectivity index (χ2v) is 6.84.